The molecule has 0 amide bonds. The summed E-state index contributed by atoms with van der Waals surface area (Å²) in [5.74, 6) is -0.410. The molecule has 0 atom stereocenters. The van der Waals surface area contributed by atoms with Crippen LogP contribution in [0.2, 0.25) is 0 Å². The molecule has 0 radical (unpaired) electrons. The van der Waals surface area contributed by atoms with Crippen molar-refractivity contribution < 1.29 is 14.3 Å². The molecule has 0 bridgehead atoms. The Bertz CT molecular complexity index is 473. The van der Waals surface area contributed by atoms with Crippen molar-refractivity contribution in [3.8, 4) is 0 Å². The average molecular weight is 344 g/mol. The Kier molecular flexibility index (Phi) is 5.54. The van der Waals surface area contributed by atoms with E-state index >= 15 is 0 Å². The van der Waals surface area contributed by atoms with Crippen LogP contribution in [-0.2, 0) is 11.3 Å². The van der Waals surface area contributed by atoms with Crippen molar-refractivity contribution in [3.63, 3.8) is 0 Å². The standard InChI is InChI=1S/C15H19BrFNO2/c16-13-9-12(1-3-14(13)17)10-18-7-5-11(6-8-18)2-4-15(19)20/h1,3,9,11H,2,4-8,10H2,(H,19,20). The van der Waals surface area contributed by atoms with Gasteiger partial charge < -0.3 is 5.11 Å². The van der Waals surface area contributed by atoms with Gasteiger partial charge in [-0.15, -0.1) is 0 Å². The summed E-state index contributed by atoms with van der Waals surface area (Å²) < 4.78 is 13.7. The van der Waals surface area contributed by atoms with Crippen LogP contribution in [0.15, 0.2) is 22.7 Å². The summed E-state index contributed by atoms with van der Waals surface area (Å²) in [7, 11) is 0. The lowest BCUT2D eigenvalue weighted by atomic mass is 9.92. The molecule has 0 spiro atoms. The summed E-state index contributed by atoms with van der Waals surface area (Å²) in [5.41, 5.74) is 1.10. The SMILES string of the molecule is O=C(O)CCC1CCN(Cc2ccc(F)c(Br)c2)CC1. The minimum Gasteiger partial charge on any atom is -0.481 e. The van der Waals surface area contributed by atoms with Gasteiger partial charge in [-0.05, 0) is 71.9 Å². The fourth-order valence-electron chi connectivity index (χ4n) is 2.66. The number of carboxylic acids is 1. The highest BCUT2D eigenvalue weighted by molar-refractivity contribution is 9.10. The predicted octanol–water partition coefficient (Wildman–Crippen LogP) is 3.67. The van der Waals surface area contributed by atoms with Crippen molar-refractivity contribution in [2.45, 2.75) is 32.2 Å². The number of carboxylic acid groups (broad SMARTS) is 1. The lowest BCUT2D eigenvalue weighted by Gasteiger charge is -2.31. The number of carbonyl (C=O) groups is 1. The van der Waals surface area contributed by atoms with E-state index in [4.69, 9.17) is 5.11 Å². The Labute approximate surface area is 126 Å². The largest absolute Gasteiger partial charge is 0.481 e. The van der Waals surface area contributed by atoms with Crippen LogP contribution in [0.4, 0.5) is 4.39 Å². The summed E-state index contributed by atoms with van der Waals surface area (Å²) in [5, 5.41) is 8.69. The minimum atomic E-state index is -0.705. The first-order valence-electron chi connectivity index (χ1n) is 6.92. The zero-order valence-electron chi connectivity index (χ0n) is 11.3. The van der Waals surface area contributed by atoms with Crippen LogP contribution in [0.25, 0.3) is 0 Å². The maximum absolute atomic E-state index is 13.2. The van der Waals surface area contributed by atoms with E-state index in [2.05, 4.69) is 20.8 Å². The Morgan fingerprint density at radius 3 is 2.70 bits per heavy atom. The van der Waals surface area contributed by atoms with Crippen molar-refractivity contribution in [3.05, 3.63) is 34.1 Å². The van der Waals surface area contributed by atoms with Gasteiger partial charge in [0, 0.05) is 13.0 Å². The van der Waals surface area contributed by atoms with Crippen LogP contribution >= 0.6 is 15.9 Å². The number of hydrogen-bond acceptors (Lipinski definition) is 2. The predicted molar refractivity (Wildman–Crippen MR) is 79.0 cm³/mol. The quantitative estimate of drug-likeness (QED) is 0.886. The van der Waals surface area contributed by atoms with Gasteiger partial charge in [0.05, 0.1) is 4.47 Å². The molecule has 1 N–H and O–H groups in total. The van der Waals surface area contributed by atoms with Crippen LogP contribution in [0, 0.1) is 11.7 Å². The molecule has 1 aliphatic heterocycles. The Morgan fingerprint density at radius 1 is 1.40 bits per heavy atom. The molecular weight excluding hydrogens is 325 g/mol. The van der Waals surface area contributed by atoms with Crippen molar-refractivity contribution in [1.29, 1.82) is 0 Å². The molecule has 0 aromatic heterocycles. The van der Waals surface area contributed by atoms with E-state index < -0.39 is 5.97 Å². The maximum Gasteiger partial charge on any atom is 0.303 e. The van der Waals surface area contributed by atoms with Gasteiger partial charge in [0.2, 0.25) is 0 Å². The smallest absolute Gasteiger partial charge is 0.303 e. The van der Waals surface area contributed by atoms with Gasteiger partial charge in [-0.3, -0.25) is 9.69 Å². The third kappa shape index (κ3) is 4.56. The van der Waals surface area contributed by atoms with Crippen LogP contribution in [0.1, 0.15) is 31.2 Å². The molecule has 3 nitrogen and oxygen atoms in total. The molecule has 0 aliphatic carbocycles. The second kappa shape index (κ2) is 7.18. The van der Waals surface area contributed by atoms with Gasteiger partial charge in [-0.1, -0.05) is 6.07 Å². The molecule has 20 heavy (non-hydrogen) atoms. The van der Waals surface area contributed by atoms with Crippen LogP contribution < -0.4 is 0 Å². The molecule has 1 fully saturated rings. The second-order valence-corrected chi connectivity index (χ2v) is 6.25. The van der Waals surface area contributed by atoms with Crippen molar-refractivity contribution in [2.75, 3.05) is 13.1 Å². The normalized spacial score (nSPS) is 17.3. The molecular formula is C15H19BrFNO2. The van der Waals surface area contributed by atoms with Gasteiger partial charge >= 0.3 is 5.97 Å². The van der Waals surface area contributed by atoms with Crippen molar-refractivity contribution in [2.24, 2.45) is 5.92 Å². The van der Waals surface area contributed by atoms with Crippen LogP contribution in [0.3, 0.4) is 0 Å². The molecule has 1 heterocycles. The third-order valence-corrected chi connectivity index (χ3v) is 4.47. The van der Waals surface area contributed by atoms with E-state index in [0.29, 0.717) is 10.4 Å². The van der Waals surface area contributed by atoms with Gasteiger partial charge in [0.1, 0.15) is 5.82 Å². The molecule has 1 saturated heterocycles. The monoisotopic (exact) mass is 343 g/mol. The second-order valence-electron chi connectivity index (χ2n) is 5.40. The lowest BCUT2D eigenvalue weighted by molar-refractivity contribution is -0.137. The molecule has 5 heteroatoms. The van der Waals surface area contributed by atoms with Gasteiger partial charge in [-0.2, -0.15) is 0 Å². The number of halogens is 2. The van der Waals surface area contributed by atoms with Crippen LogP contribution in [-0.4, -0.2) is 29.1 Å². The highest BCUT2D eigenvalue weighted by Gasteiger charge is 2.20. The average Bonchev–Trinajstić information content (AvgIpc) is 2.42. The Hall–Kier alpha value is -0.940. The van der Waals surface area contributed by atoms with Crippen LogP contribution in [0.5, 0.6) is 0 Å². The first-order valence-corrected chi connectivity index (χ1v) is 7.72. The maximum atomic E-state index is 13.2. The summed E-state index contributed by atoms with van der Waals surface area (Å²) in [6.07, 6.45) is 3.16. The van der Waals surface area contributed by atoms with Gasteiger partial charge in [-0.25, -0.2) is 4.39 Å². The first kappa shape index (κ1) is 15.4. The number of likely N-dealkylation sites (tertiary alicyclic amines) is 1. The minimum absolute atomic E-state index is 0.235. The molecule has 0 saturated carbocycles. The van der Waals surface area contributed by atoms with E-state index in [1.54, 1.807) is 0 Å². The third-order valence-electron chi connectivity index (χ3n) is 3.86. The summed E-state index contributed by atoms with van der Waals surface area (Å²) in [4.78, 5) is 12.9. The van der Waals surface area contributed by atoms with E-state index in [9.17, 15) is 9.18 Å². The topological polar surface area (TPSA) is 40.5 Å². The number of rotatable bonds is 5. The molecule has 2 rings (SSSR count). The van der Waals surface area contributed by atoms with E-state index in [-0.39, 0.29) is 12.2 Å². The molecule has 1 aliphatic rings. The Balaban J connectivity index is 1.79. The van der Waals surface area contributed by atoms with E-state index in [1.807, 2.05) is 12.1 Å². The fourth-order valence-corrected chi connectivity index (χ4v) is 3.08. The number of nitrogens with zero attached hydrogens (tertiary/aromatic N) is 1. The first-order chi connectivity index (χ1) is 9.54. The summed E-state index contributed by atoms with van der Waals surface area (Å²) in [6.45, 7) is 2.79. The van der Waals surface area contributed by atoms with E-state index in [0.717, 1.165) is 44.5 Å². The van der Waals surface area contributed by atoms with Crippen molar-refractivity contribution >= 4 is 21.9 Å². The van der Waals surface area contributed by atoms with Gasteiger partial charge in [0.15, 0.2) is 0 Å². The number of hydrogen-bond donors (Lipinski definition) is 1. The Morgan fingerprint density at radius 2 is 2.10 bits per heavy atom. The number of benzene rings is 1. The molecule has 1 aromatic carbocycles. The zero-order chi connectivity index (χ0) is 14.5. The number of aliphatic carboxylic acids is 1. The van der Waals surface area contributed by atoms with E-state index in [1.165, 1.54) is 6.07 Å². The fraction of sp³-hybridized carbons (Fsp3) is 0.533. The highest BCUT2D eigenvalue weighted by atomic mass is 79.9. The van der Waals surface area contributed by atoms with Crippen molar-refractivity contribution in [1.82, 2.24) is 4.90 Å². The molecule has 110 valence electrons. The molecule has 0 unspecified atom stereocenters. The van der Waals surface area contributed by atoms with Gasteiger partial charge in [0.25, 0.3) is 0 Å². The summed E-state index contributed by atoms with van der Waals surface area (Å²) in [6, 6.07) is 5.13. The highest BCUT2D eigenvalue weighted by Crippen LogP contribution is 2.24. The molecule has 1 aromatic rings. The zero-order valence-corrected chi connectivity index (χ0v) is 12.9. The number of piperidine rings is 1. The summed E-state index contributed by atoms with van der Waals surface area (Å²) >= 11 is 3.21. The lowest BCUT2D eigenvalue weighted by Crippen LogP contribution is -2.33.